The average Bonchev–Trinajstić information content (AvgIpc) is 1.89. The standard InChI is InChI=1S/C7H15ClFN/c1-7(2-3-8)6-10-5-4-9/h7,10H,2-6H2,1H3. The first-order valence-corrected chi connectivity index (χ1v) is 4.17. The van der Waals surface area contributed by atoms with Crippen LogP contribution in [0, 0.1) is 5.92 Å². The van der Waals surface area contributed by atoms with Crippen LogP contribution in [0.3, 0.4) is 0 Å². The highest BCUT2D eigenvalue weighted by molar-refractivity contribution is 6.17. The van der Waals surface area contributed by atoms with Crippen molar-refractivity contribution < 1.29 is 4.39 Å². The summed E-state index contributed by atoms with van der Waals surface area (Å²) in [5.74, 6) is 1.25. The van der Waals surface area contributed by atoms with Gasteiger partial charge in [-0.25, -0.2) is 4.39 Å². The van der Waals surface area contributed by atoms with Gasteiger partial charge in [-0.05, 0) is 18.9 Å². The van der Waals surface area contributed by atoms with Gasteiger partial charge in [-0.2, -0.15) is 0 Å². The Hall–Kier alpha value is 0.180. The molecule has 10 heavy (non-hydrogen) atoms. The first-order chi connectivity index (χ1) is 4.81. The van der Waals surface area contributed by atoms with E-state index < -0.39 is 0 Å². The summed E-state index contributed by atoms with van der Waals surface area (Å²) >= 11 is 5.51. The van der Waals surface area contributed by atoms with E-state index in [1.54, 1.807) is 0 Å². The number of nitrogens with one attached hydrogen (secondary N) is 1. The molecule has 0 aliphatic heterocycles. The zero-order valence-electron chi connectivity index (χ0n) is 6.37. The van der Waals surface area contributed by atoms with Gasteiger partial charge >= 0.3 is 0 Å². The van der Waals surface area contributed by atoms with Crippen LogP contribution in [0.4, 0.5) is 4.39 Å². The van der Waals surface area contributed by atoms with E-state index in [0.29, 0.717) is 18.3 Å². The van der Waals surface area contributed by atoms with Crippen LogP contribution < -0.4 is 5.32 Å². The molecule has 0 aromatic carbocycles. The normalized spacial score (nSPS) is 13.5. The van der Waals surface area contributed by atoms with Crippen LogP contribution in [0.1, 0.15) is 13.3 Å². The van der Waals surface area contributed by atoms with Crippen LogP contribution in [0.5, 0.6) is 0 Å². The molecule has 0 fully saturated rings. The molecule has 3 heteroatoms. The first-order valence-electron chi connectivity index (χ1n) is 3.64. The van der Waals surface area contributed by atoms with E-state index in [1.807, 2.05) is 0 Å². The van der Waals surface area contributed by atoms with Crippen LogP contribution in [0.2, 0.25) is 0 Å². The second-order valence-electron chi connectivity index (χ2n) is 2.48. The van der Waals surface area contributed by atoms with E-state index in [4.69, 9.17) is 11.6 Å². The SMILES string of the molecule is CC(CCCl)CNCCF. The van der Waals surface area contributed by atoms with Crippen molar-refractivity contribution in [1.82, 2.24) is 5.32 Å². The lowest BCUT2D eigenvalue weighted by Crippen LogP contribution is -2.23. The summed E-state index contributed by atoms with van der Waals surface area (Å²) in [4.78, 5) is 0. The topological polar surface area (TPSA) is 12.0 Å². The summed E-state index contributed by atoms with van der Waals surface area (Å²) in [6.45, 7) is 3.16. The molecule has 1 nitrogen and oxygen atoms in total. The maximum absolute atomic E-state index is 11.5. The van der Waals surface area contributed by atoms with Gasteiger partial charge < -0.3 is 5.32 Å². The molecule has 1 unspecified atom stereocenters. The van der Waals surface area contributed by atoms with Crippen molar-refractivity contribution in [3.63, 3.8) is 0 Å². The Labute approximate surface area is 66.9 Å². The largest absolute Gasteiger partial charge is 0.314 e. The summed E-state index contributed by atoms with van der Waals surface area (Å²) < 4.78 is 11.5. The minimum atomic E-state index is -0.284. The van der Waals surface area contributed by atoms with Crippen molar-refractivity contribution in [2.45, 2.75) is 13.3 Å². The molecular weight excluding hydrogens is 153 g/mol. The summed E-state index contributed by atoms with van der Waals surface area (Å²) in [7, 11) is 0. The van der Waals surface area contributed by atoms with Crippen molar-refractivity contribution in [2.75, 3.05) is 25.6 Å². The summed E-state index contributed by atoms with van der Waals surface area (Å²) in [5.41, 5.74) is 0. The Kier molecular flexibility index (Phi) is 7.42. The van der Waals surface area contributed by atoms with Crippen LogP contribution in [-0.4, -0.2) is 25.6 Å². The van der Waals surface area contributed by atoms with Crippen LogP contribution >= 0.6 is 11.6 Å². The third-order valence-corrected chi connectivity index (χ3v) is 1.58. The number of hydrogen-bond acceptors (Lipinski definition) is 1. The summed E-state index contributed by atoms with van der Waals surface area (Å²) in [6, 6.07) is 0. The van der Waals surface area contributed by atoms with E-state index in [9.17, 15) is 4.39 Å². The lowest BCUT2D eigenvalue weighted by Gasteiger charge is -2.08. The van der Waals surface area contributed by atoms with E-state index in [0.717, 1.165) is 13.0 Å². The number of rotatable bonds is 6. The maximum Gasteiger partial charge on any atom is 0.102 e. The van der Waals surface area contributed by atoms with E-state index in [1.165, 1.54) is 0 Å². The molecule has 0 radical (unpaired) electrons. The zero-order valence-corrected chi connectivity index (χ0v) is 7.12. The molecule has 0 bridgehead atoms. The van der Waals surface area contributed by atoms with Gasteiger partial charge in [0.05, 0.1) is 0 Å². The zero-order chi connectivity index (χ0) is 7.82. The molecule has 0 saturated carbocycles. The molecule has 1 N–H and O–H groups in total. The smallest absolute Gasteiger partial charge is 0.102 e. The highest BCUT2D eigenvalue weighted by atomic mass is 35.5. The number of alkyl halides is 2. The van der Waals surface area contributed by atoms with Gasteiger partial charge in [0.2, 0.25) is 0 Å². The van der Waals surface area contributed by atoms with Gasteiger partial charge in [-0.3, -0.25) is 0 Å². The lowest BCUT2D eigenvalue weighted by molar-refractivity contribution is 0.436. The molecule has 0 saturated heterocycles. The maximum atomic E-state index is 11.5. The lowest BCUT2D eigenvalue weighted by atomic mass is 10.1. The highest BCUT2D eigenvalue weighted by Crippen LogP contribution is 2.00. The van der Waals surface area contributed by atoms with Crippen molar-refractivity contribution in [1.29, 1.82) is 0 Å². The number of hydrogen-bond donors (Lipinski definition) is 1. The van der Waals surface area contributed by atoms with Crippen LogP contribution in [0.15, 0.2) is 0 Å². The third kappa shape index (κ3) is 6.30. The predicted octanol–water partition coefficient (Wildman–Crippen LogP) is 1.81. The molecule has 0 aromatic heterocycles. The van der Waals surface area contributed by atoms with Gasteiger partial charge in [0.15, 0.2) is 0 Å². The van der Waals surface area contributed by atoms with Crippen molar-refractivity contribution in [3.8, 4) is 0 Å². The molecule has 0 aromatic rings. The molecule has 0 aliphatic rings. The molecule has 1 atom stereocenters. The summed E-state index contributed by atoms with van der Waals surface area (Å²) in [5, 5.41) is 2.99. The predicted molar refractivity (Wildman–Crippen MR) is 43.3 cm³/mol. The second kappa shape index (κ2) is 7.29. The molecular formula is C7H15ClFN. The first kappa shape index (κ1) is 10.2. The number of halogens is 2. The minimum Gasteiger partial charge on any atom is -0.314 e. The van der Waals surface area contributed by atoms with E-state index in [2.05, 4.69) is 12.2 Å². The molecule has 0 aliphatic carbocycles. The molecule has 62 valence electrons. The second-order valence-corrected chi connectivity index (χ2v) is 2.85. The fraction of sp³-hybridized carbons (Fsp3) is 1.00. The average molecular weight is 168 g/mol. The highest BCUT2D eigenvalue weighted by Gasteiger charge is 1.98. The Morgan fingerprint density at radius 3 is 2.80 bits per heavy atom. The summed E-state index contributed by atoms with van der Waals surface area (Å²) in [6.07, 6.45) is 1.00. The molecule has 0 amide bonds. The Balaban J connectivity index is 2.97. The Morgan fingerprint density at radius 1 is 1.60 bits per heavy atom. The quantitative estimate of drug-likeness (QED) is 0.470. The van der Waals surface area contributed by atoms with Gasteiger partial charge in [0.25, 0.3) is 0 Å². The van der Waals surface area contributed by atoms with Gasteiger partial charge in [-0.1, -0.05) is 6.92 Å². The molecule has 0 spiro atoms. The third-order valence-electron chi connectivity index (χ3n) is 1.37. The Morgan fingerprint density at radius 2 is 2.30 bits per heavy atom. The van der Waals surface area contributed by atoms with Gasteiger partial charge in [0, 0.05) is 12.4 Å². The fourth-order valence-electron chi connectivity index (χ4n) is 0.704. The van der Waals surface area contributed by atoms with Gasteiger partial charge in [-0.15, -0.1) is 11.6 Å². The van der Waals surface area contributed by atoms with E-state index >= 15 is 0 Å². The van der Waals surface area contributed by atoms with Gasteiger partial charge in [0.1, 0.15) is 6.67 Å². The molecule has 0 rings (SSSR count). The van der Waals surface area contributed by atoms with Crippen molar-refractivity contribution >= 4 is 11.6 Å². The Bertz CT molecular complexity index is 70.6. The minimum absolute atomic E-state index is 0.284. The fourth-order valence-corrected chi connectivity index (χ4v) is 1.08. The van der Waals surface area contributed by atoms with Crippen molar-refractivity contribution in [3.05, 3.63) is 0 Å². The van der Waals surface area contributed by atoms with Crippen LogP contribution in [0.25, 0.3) is 0 Å². The van der Waals surface area contributed by atoms with E-state index in [-0.39, 0.29) is 6.67 Å². The van der Waals surface area contributed by atoms with Crippen LogP contribution in [-0.2, 0) is 0 Å². The monoisotopic (exact) mass is 167 g/mol. The van der Waals surface area contributed by atoms with Crippen molar-refractivity contribution in [2.24, 2.45) is 5.92 Å². The molecule has 0 heterocycles.